The lowest BCUT2D eigenvalue weighted by molar-refractivity contribution is 0.0780. The van der Waals surface area contributed by atoms with Crippen LogP contribution < -0.4 is 5.32 Å². The molecular formula is C35H39Cl2N5O. The molecule has 8 heteroatoms. The molecule has 6 nitrogen and oxygen atoms in total. The number of rotatable bonds is 9. The summed E-state index contributed by atoms with van der Waals surface area (Å²) in [6.45, 7) is 7.29. The smallest absolute Gasteiger partial charge is 0.253 e. The van der Waals surface area contributed by atoms with Gasteiger partial charge in [-0.05, 0) is 81.1 Å². The second kappa shape index (κ2) is 13.1. The van der Waals surface area contributed by atoms with Crippen LogP contribution in [0, 0.1) is 0 Å². The van der Waals surface area contributed by atoms with Crippen molar-refractivity contribution in [3.05, 3.63) is 106 Å². The van der Waals surface area contributed by atoms with Gasteiger partial charge in [0.05, 0.1) is 21.1 Å². The zero-order valence-corrected chi connectivity index (χ0v) is 26.2. The van der Waals surface area contributed by atoms with Crippen LogP contribution in [-0.4, -0.2) is 64.0 Å². The molecule has 6 rings (SSSR count). The van der Waals surface area contributed by atoms with E-state index in [2.05, 4.69) is 58.1 Å². The summed E-state index contributed by atoms with van der Waals surface area (Å²) in [5.41, 5.74) is 3.93. The van der Waals surface area contributed by atoms with E-state index < -0.39 is 0 Å². The average Bonchev–Trinajstić information content (AvgIpc) is 3.63. The molecule has 2 saturated heterocycles. The lowest BCUT2D eigenvalue weighted by Crippen LogP contribution is -2.42. The molecule has 3 heterocycles. The number of halogens is 2. The van der Waals surface area contributed by atoms with Gasteiger partial charge in [0, 0.05) is 49.7 Å². The molecule has 1 atom stereocenters. The largest absolute Gasteiger partial charge is 0.353 e. The first-order valence-electron chi connectivity index (χ1n) is 15.3. The van der Waals surface area contributed by atoms with Crippen LogP contribution in [0.1, 0.15) is 48.5 Å². The van der Waals surface area contributed by atoms with Gasteiger partial charge in [0.25, 0.3) is 5.91 Å². The highest BCUT2D eigenvalue weighted by Gasteiger charge is 2.42. The number of carbonyl (C=O) groups excluding carboxylic acids is 1. The van der Waals surface area contributed by atoms with Gasteiger partial charge in [0.2, 0.25) is 5.95 Å². The van der Waals surface area contributed by atoms with Crippen molar-refractivity contribution in [2.24, 2.45) is 0 Å². The maximum Gasteiger partial charge on any atom is 0.253 e. The minimum atomic E-state index is -0.161. The van der Waals surface area contributed by atoms with Gasteiger partial charge in [0.1, 0.15) is 0 Å². The third-order valence-electron chi connectivity index (χ3n) is 9.20. The molecule has 0 saturated carbocycles. The number of allylic oxidation sites excluding steroid dienone is 2. The molecule has 224 valence electrons. The summed E-state index contributed by atoms with van der Waals surface area (Å²) < 4.78 is 2.27. The number of imidazole rings is 1. The van der Waals surface area contributed by atoms with Crippen LogP contribution in [0.25, 0.3) is 11.0 Å². The molecule has 2 aliphatic heterocycles. The molecule has 2 fully saturated rings. The van der Waals surface area contributed by atoms with Gasteiger partial charge in [-0.2, -0.15) is 0 Å². The van der Waals surface area contributed by atoms with Gasteiger partial charge in [-0.15, -0.1) is 0 Å². The topological polar surface area (TPSA) is 53.4 Å². The first-order valence-corrected chi connectivity index (χ1v) is 16.1. The maximum atomic E-state index is 13.4. The van der Waals surface area contributed by atoms with Crippen molar-refractivity contribution >= 4 is 46.1 Å². The van der Waals surface area contributed by atoms with Gasteiger partial charge in [-0.1, -0.05) is 71.8 Å². The van der Waals surface area contributed by atoms with E-state index in [-0.39, 0.29) is 11.3 Å². The number of para-hydroxylation sites is 2. The summed E-state index contributed by atoms with van der Waals surface area (Å²) in [4.78, 5) is 22.9. The van der Waals surface area contributed by atoms with Crippen molar-refractivity contribution in [3.63, 3.8) is 0 Å². The number of hydrogen-bond donors (Lipinski definition) is 1. The Bertz CT molecular complexity index is 1590. The van der Waals surface area contributed by atoms with Gasteiger partial charge < -0.3 is 19.7 Å². The molecule has 4 aromatic rings. The number of piperidine rings is 1. The van der Waals surface area contributed by atoms with Crippen LogP contribution >= 0.6 is 23.2 Å². The molecule has 1 unspecified atom stereocenters. The first-order chi connectivity index (χ1) is 21.0. The zero-order valence-electron chi connectivity index (χ0n) is 24.7. The van der Waals surface area contributed by atoms with Crippen molar-refractivity contribution in [3.8, 4) is 0 Å². The van der Waals surface area contributed by atoms with Crippen molar-refractivity contribution < 1.29 is 4.79 Å². The van der Waals surface area contributed by atoms with Crippen LogP contribution in [0.15, 0.2) is 84.9 Å². The van der Waals surface area contributed by atoms with Crippen LogP contribution in [-0.2, 0) is 12.0 Å². The second-order valence-electron chi connectivity index (χ2n) is 11.9. The SMILES string of the molecule is C/C=C/Cn1c(NC2CCN(CCC3(c4ccc(Cl)c(Cl)c4)CCN(C(=O)c4ccccc4)C3)CC2)nc2ccccc21. The number of amides is 1. The van der Waals surface area contributed by atoms with Crippen LogP contribution in [0.5, 0.6) is 0 Å². The number of carbonyl (C=O) groups is 1. The summed E-state index contributed by atoms with van der Waals surface area (Å²) in [5, 5.41) is 4.89. The summed E-state index contributed by atoms with van der Waals surface area (Å²) in [5.74, 6) is 1.04. The number of hydrogen-bond acceptors (Lipinski definition) is 4. The Hall–Kier alpha value is -3.32. The van der Waals surface area contributed by atoms with E-state index in [1.807, 2.05) is 53.4 Å². The van der Waals surface area contributed by atoms with Gasteiger partial charge in [-0.25, -0.2) is 4.98 Å². The molecule has 0 aliphatic carbocycles. The molecule has 2 aliphatic rings. The second-order valence-corrected chi connectivity index (χ2v) is 12.7. The lowest BCUT2D eigenvalue weighted by Gasteiger charge is -2.36. The van der Waals surface area contributed by atoms with Crippen molar-refractivity contribution in [2.75, 3.05) is 38.0 Å². The Morgan fingerprint density at radius 2 is 1.77 bits per heavy atom. The highest BCUT2D eigenvalue weighted by molar-refractivity contribution is 6.42. The zero-order chi connectivity index (χ0) is 29.8. The number of anilines is 1. The van der Waals surface area contributed by atoms with Crippen LogP contribution in [0.3, 0.4) is 0 Å². The van der Waals surface area contributed by atoms with E-state index >= 15 is 0 Å². The third kappa shape index (κ3) is 6.47. The third-order valence-corrected chi connectivity index (χ3v) is 9.94. The first kappa shape index (κ1) is 29.7. The van der Waals surface area contributed by atoms with Crippen LogP contribution in [0.2, 0.25) is 10.0 Å². The summed E-state index contributed by atoms with van der Waals surface area (Å²) in [7, 11) is 0. The van der Waals surface area contributed by atoms with Crippen molar-refractivity contribution in [1.82, 2.24) is 19.4 Å². The van der Waals surface area contributed by atoms with Crippen molar-refractivity contribution in [1.29, 1.82) is 0 Å². The predicted molar refractivity (Wildman–Crippen MR) is 177 cm³/mol. The number of nitrogens with one attached hydrogen (secondary N) is 1. The maximum absolute atomic E-state index is 13.4. The quantitative estimate of drug-likeness (QED) is 0.196. The van der Waals surface area contributed by atoms with Gasteiger partial charge in [0.15, 0.2) is 0 Å². The molecule has 0 bridgehead atoms. The summed E-state index contributed by atoms with van der Waals surface area (Å²) >= 11 is 12.8. The highest BCUT2D eigenvalue weighted by atomic mass is 35.5. The minimum Gasteiger partial charge on any atom is -0.353 e. The number of fused-ring (bicyclic) bond motifs is 1. The Balaban J connectivity index is 1.12. The standard InChI is InChI=1S/C35H39Cl2N5O/c1-2-3-19-42-32-12-8-7-11-31(32)39-34(42)38-28-15-20-40(21-16-28)22-17-35(27-13-14-29(36)30(37)24-27)18-23-41(25-35)33(43)26-9-5-4-6-10-26/h2-14,24,28H,15-23,25H2,1H3,(H,38,39)/b3-2+. The van der Waals surface area contributed by atoms with Crippen LogP contribution in [0.4, 0.5) is 5.95 Å². The number of likely N-dealkylation sites (tertiary alicyclic amines) is 2. The summed E-state index contributed by atoms with van der Waals surface area (Å²) in [6.07, 6.45) is 8.24. The monoisotopic (exact) mass is 615 g/mol. The Morgan fingerprint density at radius 1 is 1.00 bits per heavy atom. The normalized spacial score (nSPS) is 19.9. The Morgan fingerprint density at radius 3 is 2.53 bits per heavy atom. The van der Waals surface area contributed by atoms with E-state index in [4.69, 9.17) is 28.2 Å². The highest BCUT2D eigenvalue weighted by Crippen LogP contribution is 2.41. The molecule has 0 radical (unpaired) electrons. The molecular weight excluding hydrogens is 577 g/mol. The molecule has 1 amide bonds. The molecule has 43 heavy (non-hydrogen) atoms. The number of aromatic nitrogens is 2. The fourth-order valence-corrected chi connectivity index (χ4v) is 6.95. The van der Waals surface area contributed by atoms with E-state index in [1.165, 1.54) is 5.56 Å². The van der Waals surface area contributed by atoms with E-state index in [0.717, 1.165) is 81.0 Å². The van der Waals surface area contributed by atoms with Gasteiger partial charge >= 0.3 is 0 Å². The van der Waals surface area contributed by atoms with Crippen molar-refractivity contribution in [2.45, 2.75) is 50.6 Å². The fraction of sp³-hybridized carbons (Fsp3) is 0.371. The van der Waals surface area contributed by atoms with E-state index in [1.54, 1.807) is 0 Å². The molecule has 1 aromatic heterocycles. The molecule has 1 N–H and O–H groups in total. The lowest BCUT2D eigenvalue weighted by atomic mass is 9.76. The Labute approximate surface area is 264 Å². The molecule has 0 spiro atoms. The Kier molecular flexibility index (Phi) is 9.08. The van der Waals surface area contributed by atoms with Gasteiger partial charge in [-0.3, -0.25) is 4.79 Å². The average molecular weight is 617 g/mol. The number of nitrogens with zero attached hydrogens (tertiary/aromatic N) is 4. The summed E-state index contributed by atoms with van der Waals surface area (Å²) in [6, 6.07) is 24.3. The van der Waals surface area contributed by atoms with E-state index in [0.29, 0.717) is 22.6 Å². The number of benzene rings is 3. The molecule has 3 aromatic carbocycles. The fourth-order valence-electron chi connectivity index (χ4n) is 6.66. The van der Waals surface area contributed by atoms with E-state index in [9.17, 15) is 4.79 Å². The predicted octanol–water partition coefficient (Wildman–Crippen LogP) is 7.67. The minimum absolute atomic E-state index is 0.0925.